The van der Waals surface area contributed by atoms with Gasteiger partial charge in [-0.05, 0) is 30.3 Å². The van der Waals surface area contributed by atoms with Crippen molar-refractivity contribution in [2.24, 2.45) is 0 Å². The lowest BCUT2D eigenvalue weighted by atomic mass is 10.2. The van der Waals surface area contributed by atoms with Gasteiger partial charge in [-0.3, -0.25) is 14.5 Å². The van der Waals surface area contributed by atoms with Crippen molar-refractivity contribution < 1.29 is 19.1 Å². The minimum absolute atomic E-state index is 0.132. The van der Waals surface area contributed by atoms with Crippen LogP contribution in [0.25, 0.3) is 0 Å². The molecule has 1 N–H and O–H groups in total. The second-order valence-corrected chi connectivity index (χ2v) is 5.42. The number of benzene rings is 1. The number of carbonyl (C=O) groups excluding carboxylic acids is 2. The number of carbonyl (C=O) groups is 2. The SMILES string of the molecule is COc1ccc(Cl)cc1NC(=O)CN1C(=O)COc2cccnc21. The maximum atomic E-state index is 12.3. The number of nitrogens with one attached hydrogen (secondary N) is 1. The number of fused-ring (bicyclic) bond motifs is 1. The summed E-state index contributed by atoms with van der Waals surface area (Å²) in [5.74, 6) is 0.517. The molecule has 0 bridgehead atoms. The van der Waals surface area contributed by atoms with Gasteiger partial charge in [-0.25, -0.2) is 4.98 Å². The average molecular weight is 348 g/mol. The Bertz CT molecular complexity index is 797. The highest BCUT2D eigenvalue weighted by molar-refractivity contribution is 6.31. The topological polar surface area (TPSA) is 80.8 Å². The number of methoxy groups -OCH3 is 1. The fraction of sp³-hybridized carbons (Fsp3) is 0.188. The van der Waals surface area contributed by atoms with Crippen LogP contribution in [0.5, 0.6) is 11.5 Å². The van der Waals surface area contributed by atoms with Crippen LogP contribution in [0.15, 0.2) is 36.5 Å². The number of pyridine rings is 1. The number of nitrogens with zero attached hydrogens (tertiary/aromatic N) is 2. The molecule has 1 aromatic heterocycles. The van der Waals surface area contributed by atoms with E-state index in [1.807, 2.05) is 0 Å². The van der Waals surface area contributed by atoms with E-state index in [2.05, 4.69) is 10.3 Å². The van der Waals surface area contributed by atoms with E-state index in [1.54, 1.807) is 30.3 Å². The zero-order chi connectivity index (χ0) is 17.1. The van der Waals surface area contributed by atoms with Gasteiger partial charge >= 0.3 is 0 Å². The molecule has 1 aliphatic rings. The molecular weight excluding hydrogens is 334 g/mol. The smallest absolute Gasteiger partial charge is 0.266 e. The summed E-state index contributed by atoms with van der Waals surface area (Å²) >= 11 is 5.94. The number of rotatable bonds is 4. The highest BCUT2D eigenvalue weighted by atomic mass is 35.5. The Morgan fingerprint density at radius 1 is 1.46 bits per heavy atom. The molecule has 1 aliphatic heterocycles. The number of hydrogen-bond donors (Lipinski definition) is 1. The Labute approximate surface area is 143 Å². The predicted octanol–water partition coefficient (Wildman–Crippen LogP) is 2.11. The van der Waals surface area contributed by atoms with Crippen molar-refractivity contribution in [3.63, 3.8) is 0 Å². The quantitative estimate of drug-likeness (QED) is 0.916. The van der Waals surface area contributed by atoms with Crippen LogP contribution in [-0.4, -0.2) is 37.1 Å². The first-order valence-corrected chi connectivity index (χ1v) is 7.48. The largest absolute Gasteiger partial charge is 0.495 e. The number of amides is 2. The molecule has 2 aromatic rings. The van der Waals surface area contributed by atoms with Crippen molar-refractivity contribution >= 4 is 34.9 Å². The number of aromatic nitrogens is 1. The fourth-order valence-corrected chi connectivity index (χ4v) is 2.48. The van der Waals surface area contributed by atoms with E-state index in [9.17, 15) is 9.59 Å². The molecule has 0 saturated carbocycles. The Kier molecular flexibility index (Phi) is 4.52. The third-order valence-corrected chi connectivity index (χ3v) is 3.63. The molecule has 7 nitrogen and oxygen atoms in total. The van der Waals surface area contributed by atoms with E-state index >= 15 is 0 Å². The minimum Gasteiger partial charge on any atom is -0.495 e. The Hall–Kier alpha value is -2.80. The van der Waals surface area contributed by atoms with Gasteiger partial charge in [0, 0.05) is 11.2 Å². The summed E-state index contributed by atoms with van der Waals surface area (Å²) < 4.78 is 10.5. The molecular formula is C16H14ClN3O4. The van der Waals surface area contributed by atoms with Crippen molar-refractivity contribution in [3.05, 3.63) is 41.6 Å². The van der Waals surface area contributed by atoms with E-state index in [-0.39, 0.29) is 19.1 Å². The van der Waals surface area contributed by atoms with Crippen LogP contribution < -0.4 is 19.7 Å². The summed E-state index contributed by atoms with van der Waals surface area (Å²) in [7, 11) is 1.49. The molecule has 2 heterocycles. The monoisotopic (exact) mass is 347 g/mol. The maximum Gasteiger partial charge on any atom is 0.266 e. The molecule has 0 aliphatic carbocycles. The molecule has 0 spiro atoms. The van der Waals surface area contributed by atoms with Crippen LogP contribution in [-0.2, 0) is 9.59 Å². The molecule has 0 radical (unpaired) electrons. The minimum atomic E-state index is -0.401. The number of ether oxygens (including phenoxy) is 2. The third-order valence-electron chi connectivity index (χ3n) is 3.40. The summed E-state index contributed by atoms with van der Waals surface area (Å²) in [6.45, 7) is -0.325. The van der Waals surface area contributed by atoms with Crippen molar-refractivity contribution in [1.82, 2.24) is 4.98 Å². The van der Waals surface area contributed by atoms with Crippen molar-refractivity contribution in [1.29, 1.82) is 0 Å². The molecule has 0 saturated heterocycles. The number of anilines is 2. The third kappa shape index (κ3) is 3.26. The van der Waals surface area contributed by atoms with Gasteiger partial charge < -0.3 is 14.8 Å². The van der Waals surface area contributed by atoms with Crippen LogP contribution in [0.4, 0.5) is 11.5 Å². The van der Waals surface area contributed by atoms with Gasteiger partial charge in [-0.1, -0.05) is 11.6 Å². The normalized spacial score (nSPS) is 13.1. The average Bonchev–Trinajstić information content (AvgIpc) is 2.58. The summed E-state index contributed by atoms with van der Waals surface area (Å²) in [6.07, 6.45) is 1.53. The van der Waals surface area contributed by atoms with Gasteiger partial charge in [0.05, 0.1) is 12.8 Å². The second-order valence-electron chi connectivity index (χ2n) is 4.99. The predicted molar refractivity (Wildman–Crippen MR) is 88.7 cm³/mol. The summed E-state index contributed by atoms with van der Waals surface area (Å²) in [4.78, 5) is 29.8. The summed E-state index contributed by atoms with van der Waals surface area (Å²) in [5, 5.41) is 3.15. The van der Waals surface area contributed by atoms with E-state index < -0.39 is 5.91 Å². The van der Waals surface area contributed by atoms with Gasteiger partial charge in [0.1, 0.15) is 12.3 Å². The first-order valence-electron chi connectivity index (χ1n) is 7.10. The van der Waals surface area contributed by atoms with E-state index in [0.29, 0.717) is 28.0 Å². The van der Waals surface area contributed by atoms with E-state index in [4.69, 9.17) is 21.1 Å². The van der Waals surface area contributed by atoms with Gasteiger partial charge in [-0.2, -0.15) is 0 Å². The highest BCUT2D eigenvalue weighted by Gasteiger charge is 2.28. The lowest BCUT2D eigenvalue weighted by Crippen LogP contribution is -2.43. The second kappa shape index (κ2) is 6.76. The van der Waals surface area contributed by atoms with E-state index in [0.717, 1.165) is 0 Å². The van der Waals surface area contributed by atoms with Crippen molar-refractivity contribution in [2.45, 2.75) is 0 Å². The molecule has 124 valence electrons. The summed E-state index contributed by atoms with van der Waals surface area (Å²) in [5.41, 5.74) is 0.428. The maximum absolute atomic E-state index is 12.3. The van der Waals surface area contributed by atoms with Crippen molar-refractivity contribution in [3.8, 4) is 11.5 Å². The first kappa shape index (κ1) is 16.1. The zero-order valence-electron chi connectivity index (χ0n) is 12.8. The lowest BCUT2D eigenvalue weighted by molar-refractivity contribution is -0.123. The zero-order valence-corrected chi connectivity index (χ0v) is 13.5. The molecule has 24 heavy (non-hydrogen) atoms. The Morgan fingerprint density at radius 2 is 2.29 bits per heavy atom. The van der Waals surface area contributed by atoms with Crippen LogP contribution >= 0.6 is 11.6 Å². The number of halogens is 1. The van der Waals surface area contributed by atoms with Crippen LogP contribution in [0.1, 0.15) is 0 Å². The Morgan fingerprint density at radius 3 is 3.08 bits per heavy atom. The van der Waals surface area contributed by atoms with E-state index in [1.165, 1.54) is 18.2 Å². The standard InChI is InChI=1S/C16H14ClN3O4/c1-23-12-5-4-10(17)7-11(12)19-14(21)8-20-15(22)9-24-13-3-2-6-18-16(13)20/h2-7H,8-9H2,1H3,(H,19,21). The van der Waals surface area contributed by atoms with Crippen molar-refractivity contribution in [2.75, 3.05) is 30.5 Å². The lowest BCUT2D eigenvalue weighted by Gasteiger charge is -2.27. The van der Waals surface area contributed by atoms with Crippen LogP contribution in [0.2, 0.25) is 5.02 Å². The van der Waals surface area contributed by atoms with Gasteiger partial charge in [0.2, 0.25) is 5.91 Å². The molecule has 8 heteroatoms. The molecule has 0 fully saturated rings. The summed E-state index contributed by atoms with van der Waals surface area (Å²) in [6, 6.07) is 8.27. The van der Waals surface area contributed by atoms with Crippen LogP contribution in [0, 0.1) is 0 Å². The molecule has 0 unspecified atom stereocenters. The van der Waals surface area contributed by atoms with Gasteiger partial charge in [-0.15, -0.1) is 0 Å². The van der Waals surface area contributed by atoms with Gasteiger partial charge in [0.25, 0.3) is 5.91 Å². The molecule has 2 amide bonds. The first-order chi connectivity index (χ1) is 11.6. The van der Waals surface area contributed by atoms with Gasteiger partial charge in [0.15, 0.2) is 18.2 Å². The fourth-order valence-electron chi connectivity index (χ4n) is 2.31. The number of hydrogen-bond acceptors (Lipinski definition) is 5. The molecule has 1 aromatic carbocycles. The molecule has 3 rings (SSSR count). The van der Waals surface area contributed by atoms with Crippen LogP contribution in [0.3, 0.4) is 0 Å². The molecule has 0 atom stereocenters. The Balaban J connectivity index is 1.78. The highest BCUT2D eigenvalue weighted by Crippen LogP contribution is 2.30.